The number of aliphatic hydroxyl groups is 1. The average Bonchev–Trinajstić information content (AvgIpc) is 2.61. The number of carbonyl (C=O) groups excluding carboxylic acids is 4. The molecule has 0 spiro atoms. The molecule has 0 heterocycles. The number of ether oxygens (including phenoxy) is 1. The van der Waals surface area contributed by atoms with Gasteiger partial charge in [-0.25, -0.2) is 0 Å². The van der Waals surface area contributed by atoms with Crippen LogP contribution in [0.25, 0.3) is 0 Å². The number of Topliss-reactive ketones (excluding diaryl/α,β-unsaturated/α-hetero) is 2. The predicted molar refractivity (Wildman–Crippen MR) is 106 cm³/mol. The fraction of sp³-hybridized carbons (Fsp3) is 0.810. The second-order valence-electron chi connectivity index (χ2n) is 8.08. The zero-order valence-electron chi connectivity index (χ0n) is 18.0. The van der Waals surface area contributed by atoms with Crippen LogP contribution in [-0.4, -0.2) is 48.3 Å². The summed E-state index contributed by atoms with van der Waals surface area (Å²) in [6, 6.07) is 0. The van der Waals surface area contributed by atoms with Crippen molar-refractivity contribution in [2.75, 3.05) is 19.8 Å². The summed E-state index contributed by atoms with van der Waals surface area (Å²) >= 11 is 0. The molecular weight excluding hydrogens is 362 g/mol. The maximum Gasteiger partial charge on any atom is 0.325 e. The fourth-order valence-corrected chi connectivity index (χ4v) is 3.17. The van der Waals surface area contributed by atoms with Crippen molar-refractivity contribution in [3.63, 3.8) is 0 Å². The summed E-state index contributed by atoms with van der Waals surface area (Å²) in [5.74, 6) is -1.52. The zero-order chi connectivity index (χ0) is 21.7. The molecule has 2 atom stereocenters. The molecule has 0 saturated carbocycles. The Morgan fingerprint density at radius 2 is 1.54 bits per heavy atom. The molecule has 7 heteroatoms. The third-order valence-corrected chi connectivity index (χ3v) is 4.45. The molecule has 0 saturated heterocycles. The van der Waals surface area contributed by atoms with Crippen LogP contribution >= 0.6 is 0 Å². The van der Waals surface area contributed by atoms with Gasteiger partial charge in [0.05, 0.1) is 6.61 Å². The number of esters is 1. The van der Waals surface area contributed by atoms with Crippen molar-refractivity contribution in [1.82, 2.24) is 5.32 Å². The van der Waals surface area contributed by atoms with Crippen LogP contribution in [0.1, 0.15) is 66.7 Å². The Bertz CT molecular complexity index is 515. The smallest absolute Gasteiger partial charge is 0.325 e. The van der Waals surface area contributed by atoms with Gasteiger partial charge in [0.1, 0.15) is 18.9 Å². The Morgan fingerprint density at radius 1 is 0.964 bits per heavy atom. The highest BCUT2D eigenvalue weighted by molar-refractivity contribution is 5.90. The lowest BCUT2D eigenvalue weighted by Gasteiger charge is -2.22. The number of amides is 1. The van der Waals surface area contributed by atoms with Crippen LogP contribution in [0.5, 0.6) is 0 Å². The van der Waals surface area contributed by atoms with Gasteiger partial charge < -0.3 is 15.2 Å². The van der Waals surface area contributed by atoms with Crippen molar-refractivity contribution in [2.45, 2.75) is 66.7 Å². The minimum Gasteiger partial charge on any atom is -0.465 e. The number of rotatable bonds is 15. The molecule has 0 aliphatic heterocycles. The molecule has 0 aliphatic carbocycles. The van der Waals surface area contributed by atoms with Crippen LogP contribution in [0.4, 0.5) is 0 Å². The molecule has 0 aliphatic rings. The van der Waals surface area contributed by atoms with Crippen molar-refractivity contribution in [3.05, 3.63) is 0 Å². The maximum atomic E-state index is 12.9. The molecule has 0 bridgehead atoms. The van der Waals surface area contributed by atoms with Crippen molar-refractivity contribution < 1.29 is 29.0 Å². The van der Waals surface area contributed by atoms with Gasteiger partial charge in [-0.1, -0.05) is 27.7 Å². The standard InChI is InChI=1S/C21H37NO6/c1-6-28-20(26)12-22-21(27)17(10-15(4)5)11-19(25)16(9-14(2)3)7-8-18(24)13-23/h14-17,23H,6-13H2,1-5H3,(H,22,27)/t16?,17-/m1/s1. The number of nitrogens with one attached hydrogen (secondary N) is 1. The molecule has 162 valence electrons. The van der Waals surface area contributed by atoms with Crippen LogP contribution in [0.3, 0.4) is 0 Å². The first-order valence-electron chi connectivity index (χ1n) is 10.2. The molecule has 0 fully saturated rings. The highest BCUT2D eigenvalue weighted by Gasteiger charge is 2.28. The van der Waals surface area contributed by atoms with Gasteiger partial charge in [-0.05, 0) is 38.0 Å². The highest BCUT2D eigenvalue weighted by Crippen LogP contribution is 2.24. The molecule has 7 nitrogen and oxygen atoms in total. The van der Waals surface area contributed by atoms with Crippen molar-refractivity contribution >= 4 is 23.4 Å². The van der Waals surface area contributed by atoms with Crippen LogP contribution in [0, 0.1) is 23.7 Å². The Hall–Kier alpha value is -1.76. The lowest BCUT2D eigenvalue weighted by atomic mass is 9.82. The van der Waals surface area contributed by atoms with Crippen LogP contribution < -0.4 is 5.32 Å². The van der Waals surface area contributed by atoms with Gasteiger partial charge in [0.25, 0.3) is 0 Å². The number of ketones is 2. The van der Waals surface area contributed by atoms with E-state index in [-0.39, 0.29) is 61.2 Å². The van der Waals surface area contributed by atoms with Crippen LogP contribution in [-0.2, 0) is 23.9 Å². The Morgan fingerprint density at radius 3 is 2.04 bits per heavy atom. The SMILES string of the molecule is CCOC(=O)CNC(=O)[C@@H](CC(=O)C(CCC(=O)CO)CC(C)C)CC(C)C. The van der Waals surface area contributed by atoms with E-state index in [9.17, 15) is 19.2 Å². The van der Waals surface area contributed by atoms with Gasteiger partial charge in [0.15, 0.2) is 5.78 Å². The number of aliphatic hydroxyl groups excluding tert-OH is 1. The van der Waals surface area contributed by atoms with Gasteiger partial charge >= 0.3 is 5.97 Å². The molecule has 1 amide bonds. The Kier molecular flexibility index (Phi) is 13.4. The molecule has 0 aromatic rings. The Labute approximate surface area is 168 Å². The van der Waals surface area contributed by atoms with Gasteiger partial charge in [-0.3, -0.25) is 19.2 Å². The topological polar surface area (TPSA) is 110 Å². The molecule has 1 unspecified atom stereocenters. The van der Waals surface area contributed by atoms with E-state index in [0.29, 0.717) is 19.3 Å². The minimum absolute atomic E-state index is 0.0450. The molecule has 2 N–H and O–H groups in total. The summed E-state index contributed by atoms with van der Waals surface area (Å²) in [7, 11) is 0. The molecule has 0 aromatic carbocycles. The molecular formula is C21H37NO6. The lowest BCUT2D eigenvalue weighted by Crippen LogP contribution is -2.37. The lowest BCUT2D eigenvalue weighted by molar-refractivity contribution is -0.144. The predicted octanol–water partition coefficient (Wildman–Crippen LogP) is 2.29. The minimum atomic E-state index is -0.523. The van der Waals surface area contributed by atoms with E-state index in [2.05, 4.69) is 5.32 Å². The fourth-order valence-electron chi connectivity index (χ4n) is 3.17. The first-order chi connectivity index (χ1) is 13.1. The second kappa shape index (κ2) is 14.3. The normalized spacial score (nSPS) is 13.3. The number of carbonyl (C=O) groups is 4. The van der Waals surface area contributed by atoms with Crippen molar-refractivity contribution in [2.24, 2.45) is 23.7 Å². The van der Waals surface area contributed by atoms with Gasteiger partial charge in [0.2, 0.25) is 5.91 Å². The van der Waals surface area contributed by atoms with E-state index in [0.717, 1.165) is 0 Å². The summed E-state index contributed by atoms with van der Waals surface area (Å²) in [5, 5.41) is 11.5. The first-order valence-corrected chi connectivity index (χ1v) is 10.2. The summed E-state index contributed by atoms with van der Waals surface area (Å²) in [5.41, 5.74) is 0. The van der Waals surface area contributed by atoms with Crippen LogP contribution in [0.15, 0.2) is 0 Å². The zero-order valence-corrected chi connectivity index (χ0v) is 18.0. The third kappa shape index (κ3) is 11.8. The van der Waals surface area contributed by atoms with Gasteiger partial charge in [-0.15, -0.1) is 0 Å². The summed E-state index contributed by atoms with van der Waals surface area (Å²) in [6.45, 7) is 9.16. The van der Waals surface area contributed by atoms with E-state index < -0.39 is 18.5 Å². The van der Waals surface area contributed by atoms with Gasteiger partial charge in [-0.2, -0.15) is 0 Å². The highest BCUT2D eigenvalue weighted by atomic mass is 16.5. The maximum absolute atomic E-state index is 12.9. The van der Waals surface area contributed by atoms with Gasteiger partial charge in [0, 0.05) is 24.7 Å². The largest absolute Gasteiger partial charge is 0.465 e. The second-order valence-corrected chi connectivity index (χ2v) is 8.08. The third-order valence-electron chi connectivity index (χ3n) is 4.45. The van der Waals surface area contributed by atoms with E-state index in [1.807, 2.05) is 27.7 Å². The molecule has 0 rings (SSSR count). The molecule has 0 radical (unpaired) electrons. The summed E-state index contributed by atoms with van der Waals surface area (Å²) < 4.78 is 4.81. The number of hydrogen-bond acceptors (Lipinski definition) is 6. The summed E-state index contributed by atoms with van der Waals surface area (Å²) in [4.78, 5) is 48.3. The number of hydrogen-bond donors (Lipinski definition) is 2. The van der Waals surface area contributed by atoms with E-state index in [1.165, 1.54) is 0 Å². The van der Waals surface area contributed by atoms with E-state index in [4.69, 9.17) is 9.84 Å². The molecule has 28 heavy (non-hydrogen) atoms. The quantitative estimate of drug-likeness (QED) is 0.409. The average molecular weight is 400 g/mol. The monoisotopic (exact) mass is 399 g/mol. The van der Waals surface area contributed by atoms with Crippen molar-refractivity contribution in [1.29, 1.82) is 0 Å². The summed E-state index contributed by atoms with van der Waals surface area (Å²) in [6.07, 6.45) is 1.79. The first kappa shape index (κ1) is 26.2. The van der Waals surface area contributed by atoms with E-state index in [1.54, 1.807) is 6.92 Å². The molecule has 0 aromatic heterocycles. The van der Waals surface area contributed by atoms with Crippen molar-refractivity contribution in [3.8, 4) is 0 Å². The van der Waals surface area contributed by atoms with Crippen LogP contribution in [0.2, 0.25) is 0 Å². The van der Waals surface area contributed by atoms with E-state index >= 15 is 0 Å². The Balaban J connectivity index is 5.02.